The molecule has 0 unspecified atom stereocenters. The highest BCUT2D eigenvalue weighted by Gasteiger charge is 2.18. The van der Waals surface area contributed by atoms with Crippen molar-refractivity contribution in [1.29, 1.82) is 0 Å². The highest BCUT2D eigenvalue weighted by Crippen LogP contribution is 2.18. The first kappa shape index (κ1) is 20.2. The van der Waals surface area contributed by atoms with Crippen LogP contribution in [0.25, 0.3) is 0 Å². The summed E-state index contributed by atoms with van der Waals surface area (Å²) < 4.78 is 3.11. The van der Waals surface area contributed by atoms with Gasteiger partial charge in [0.15, 0.2) is 0 Å². The molecule has 0 saturated carbocycles. The van der Waals surface area contributed by atoms with Gasteiger partial charge in [-0.15, -0.1) is 0 Å². The van der Waals surface area contributed by atoms with E-state index >= 15 is 0 Å². The number of amides is 1. The highest BCUT2D eigenvalue weighted by molar-refractivity contribution is 9.10. The molecule has 0 aliphatic heterocycles. The lowest BCUT2D eigenvalue weighted by atomic mass is 10.1. The van der Waals surface area contributed by atoms with Gasteiger partial charge in [0.05, 0.1) is 6.54 Å². The van der Waals surface area contributed by atoms with Crippen molar-refractivity contribution in [3.63, 3.8) is 0 Å². The zero-order chi connectivity index (χ0) is 20.8. The van der Waals surface area contributed by atoms with Gasteiger partial charge in [-0.2, -0.15) is 0 Å². The molecule has 0 spiro atoms. The SMILES string of the molecule is O=C(c1cccc(Br)c1)N(Cc1ccccc1)Cc1cccn1Cc1ccccc1. The average Bonchev–Trinajstić information content (AvgIpc) is 3.21. The fourth-order valence-electron chi connectivity index (χ4n) is 3.53. The van der Waals surface area contributed by atoms with Crippen LogP contribution < -0.4 is 0 Å². The molecule has 4 heteroatoms. The zero-order valence-electron chi connectivity index (χ0n) is 16.6. The number of carbonyl (C=O) groups is 1. The topological polar surface area (TPSA) is 25.2 Å². The molecule has 0 bridgehead atoms. The van der Waals surface area contributed by atoms with Gasteiger partial charge in [0.2, 0.25) is 0 Å². The molecule has 0 aliphatic rings. The molecule has 30 heavy (non-hydrogen) atoms. The van der Waals surface area contributed by atoms with Crippen LogP contribution in [-0.4, -0.2) is 15.4 Å². The molecule has 4 rings (SSSR count). The molecule has 1 heterocycles. The summed E-state index contributed by atoms with van der Waals surface area (Å²) in [7, 11) is 0. The summed E-state index contributed by atoms with van der Waals surface area (Å²) in [6, 6.07) is 32.2. The standard InChI is InChI=1S/C26H23BrN2O/c27-24-14-7-13-23(17-24)26(30)29(19-22-11-5-2-6-12-22)20-25-15-8-16-28(25)18-21-9-3-1-4-10-21/h1-17H,18-20H2. The first-order valence-corrected chi connectivity index (χ1v) is 10.7. The Morgan fingerprint density at radius 3 is 2.17 bits per heavy atom. The second-order valence-electron chi connectivity index (χ2n) is 7.27. The third-order valence-electron chi connectivity index (χ3n) is 5.05. The molecule has 4 aromatic rings. The van der Waals surface area contributed by atoms with Gasteiger partial charge in [-0.25, -0.2) is 0 Å². The van der Waals surface area contributed by atoms with Crippen LogP contribution in [0.2, 0.25) is 0 Å². The van der Waals surface area contributed by atoms with Gasteiger partial charge in [-0.05, 0) is 41.5 Å². The second-order valence-corrected chi connectivity index (χ2v) is 8.19. The molecular weight excluding hydrogens is 436 g/mol. The predicted molar refractivity (Wildman–Crippen MR) is 124 cm³/mol. The molecule has 0 aliphatic carbocycles. The monoisotopic (exact) mass is 458 g/mol. The van der Waals surface area contributed by atoms with Gasteiger partial charge >= 0.3 is 0 Å². The van der Waals surface area contributed by atoms with Crippen molar-refractivity contribution < 1.29 is 4.79 Å². The highest BCUT2D eigenvalue weighted by atomic mass is 79.9. The maximum Gasteiger partial charge on any atom is 0.254 e. The van der Waals surface area contributed by atoms with Gasteiger partial charge in [0.1, 0.15) is 0 Å². The van der Waals surface area contributed by atoms with Gasteiger partial charge in [-0.3, -0.25) is 4.79 Å². The lowest BCUT2D eigenvalue weighted by Crippen LogP contribution is -2.31. The van der Waals surface area contributed by atoms with E-state index in [4.69, 9.17) is 0 Å². The Bertz CT molecular complexity index is 1110. The Balaban J connectivity index is 1.60. The lowest BCUT2D eigenvalue weighted by molar-refractivity contribution is 0.0726. The Morgan fingerprint density at radius 2 is 1.47 bits per heavy atom. The predicted octanol–water partition coefficient (Wildman–Crippen LogP) is 6.14. The third kappa shape index (κ3) is 5.08. The minimum absolute atomic E-state index is 0.0209. The van der Waals surface area contributed by atoms with E-state index in [0.717, 1.165) is 22.3 Å². The first-order chi connectivity index (χ1) is 14.7. The van der Waals surface area contributed by atoms with Crippen molar-refractivity contribution >= 4 is 21.8 Å². The summed E-state index contributed by atoms with van der Waals surface area (Å²) in [5, 5.41) is 0. The number of rotatable bonds is 7. The molecule has 3 aromatic carbocycles. The normalized spacial score (nSPS) is 10.7. The molecular formula is C26H23BrN2O. The second kappa shape index (κ2) is 9.59. The summed E-state index contributed by atoms with van der Waals surface area (Å²) in [5.74, 6) is 0.0209. The molecule has 1 aromatic heterocycles. The number of carbonyl (C=O) groups excluding carboxylic acids is 1. The van der Waals surface area contributed by atoms with E-state index in [2.05, 4.69) is 69.2 Å². The number of halogens is 1. The van der Waals surface area contributed by atoms with Gasteiger partial charge in [-0.1, -0.05) is 82.7 Å². The van der Waals surface area contributed by atoms with E-state index in [-0.39, 0.29) is 5.91 Å². The summed E-state index contributed by atoms with van der Waals surface area (Å²) in [4.78, 5) is 15.3. The maximum atomic E-state index is 13.4. The van der Waals surface area contributed by atoms with E-state index in [1.165, 1.54) is 5.56 Å². The van der Waals surface area contributed by atoms with E-state index in [0.29, 0.717) is 18.7 Å². The molecule has 0 radical (unpaired) electrons. The molecule has 0 saturated heterocycles. The summed E-state index contributed by atoms with van der Waals surface area (Å²) >= 11 is 3.48. The molecule has 0 N–H and O–H groups in total. The van der Waals surface area contributed by atoms with Crippen molar-refractivity contribution in [2.24, 2.45) is 0 Å². The summed E-state index contributed by atoms with van der Waals surface area (Å²) in [5.41, 5.74) is 4.14. The first-order valence-electron chi connectivity index (χ1n) is 9.96. The number of hydrogen-bond acceptors (Lipinski definition) is 1. The Morgan fingerprint density at radius 1 is 0.767 bits per heavy atom. The van der Waals surface area contributed by atoms with Crippen molar-refractivity contribution in [1.82, 2.24) is 9.47 Å². The van der Waals surface area contributed by atoms with Crippen molar-refractivity contribution in [2.45, 2.75) is 19.6 Å². The fourth-order valence-corrected chi connectivity index (χ4v) is 3.93. The van der Waals surface area contributed by atoms with Crippen LogP contribution in [-0.2, 0) is 19.6 Å². The van der Waals surface area contributed by atoms with E-state index < -0.39 is 0 Å². The Kier molecular flexibility index (Phi) is 6.45. The van der Waals surface area contributed by atoms with Crippen LogP contribution in [0.15, 0.2) is 108 Å². The number of nitrogens with zero attached hydrogens (tertiary/aromatic N) is 2. The summed E-state index contributed by atoms with van der Waals surface area (Å²) in [6.45, 7) is 1.89. The smallest absolute Gasteiger partial charge is 0.254 e. The fraction of sp³-hybridized carbons (Fsp3) is 0.115. The van der Waals surface area contributed by atoms with Crippen LogP contribution in [0.4, 0.5) is 0 Å². The number of hydrogen-bond donors (Lipinski definition) is 0. The zero-order valence-corrected chi connectivity index (χ0v) is 18.2. The molecule has 3 nitrogen and oxygen atoms in total. The van der Waals surface area contributed by atoms with Crippen molar-refractivity contribution in [2.75, 3.05) is 0 Å². The minimum atomic E-state index is 0.0209. The van der Waals surface area contributed by atoms with Crippen molar-refractivity contribution in [3.8, 4) is 0 Å². The van der Waals surface area contributed by atoms with E-state index in [9.17, 15) is 4.79 Å². The van der Waals surface area contributed by atoms with Gasteiger partial charge in [0, 0.05) is 35.0 Å². The molecule has 0 fully saturated rings. The molecule has 150 valence electrons. The minimum Gasteiger partial charge on any atom is -0.345 e. The summed E-state index contributed by atoms with van der Waals surface area (Å²) in [6.07, 6.45) is 2.08. The van der Waals surface area contributed by atoms with Crippen LogP contribution in [0.5, 0.6) is 0 Å². The van der Waals surface area contributed by atoms with Crippen LogP contribution in [0.3, 0.4) is 0 Å². The van der Waals surface area contributed by atoms with E-state index in [1.54, 1.807) is 0 Å². The average molecular weight is 459 g/mol. The van der Waals surface area contributed by atoms with Gasteiger partial charge < -0.3 is 9.47 Å². The third-order valence-corrected chi connectivity index (χ3v) is 5.54. The Hall–Kier alpha value is -3.11. The van der Waals surface area contributed by atoms with Crippen LogP contribution in [0, 0.1) is 0 Å². The Labute approximate surface area is 185 Å². The largest absolute Gasteiger partial charge is 0.345 e. The van der Waals surface area contributed by atoms with E-state index in [1.807, 2.05) is 59.5 Å². The maximum absolute atomic E-state index is 13.4. The quantitative estimate of drug-likeness (QED) is 0.326. The number of aromatic nitrogens is 1. The molecule has 0 atom stereocenters. The molecule has 1 amide bonds. The number of benzene rings is 3. The van der Waals surface area contributed by atoms with Crippen LogP contribution in [0.1, 0.15) is 27.2 Å². The van der Waals surface area contributed by atoms with Gasteiger partial charge in [0.25, 0.3) is 5.91 Å². The van der Waals surface area contributed by atoms with Crippen LogP contribution >= 0.6 is 15.9 Å². The lowest BCUT2D eigenvalue weighted by Gasteiger charge is -2.24. The van der Waals surface area contributed by atoms with Crippen molar-refractivity contribution in [3.05, 3.63) is 130 Å².